The van der Waals surface area contributed by atoms with E-state index in [1.54, 1.807) is 20.4 Å². The maximum Gasteiger partial charge on any atom is 0.200 e. The van der Waals surface area contributed by atoms with Crippen molar-refractivity contribution < 1.29 is 28.4 Å². The van der Waals surface area contributed by atoms with Crippen LogP contribution in [0.2, 0.25) is 0 Å². The van der Waals surface area contributed by atoms with Crippen molar-refractivity contribution in [3.8, 4) is 0 Å². The molecule has 1 aliphatic heterocycles. The van der Waals surface area contributed by atoms with Crippen molar-refractivity contribution >= 4 is 0 Å². The highest BCUT2D eigenvalue weighted by Crippen LogP contribution is 2.38. The first-order valence-electron chi connectivity index (χ1n) is 10.5. The molecule has 1 atom stereocenters. The highest BCUT2D eigenvalue weighted by Gasteiger charge is 2.37. The van der Waals surface area contributed by atoms with Crippen molar-refractivity contribution in [2.75, 3.05) is 60.5 Å². The van der Waals surface area contributed by atoms with Crippen LogP contribution in [0.5, 0.6) is 0 Å². The maximum atomic E-state index is 6.03. The Morgan fingerprint density at radius 1 is 1.10 bits per heavy atom. The zero-order chi connectivity index (χ0) is 20.4. The molecule has 0 N–H and O–H groups in total. The van der Waals surface area contributed by atoms with E-state index in [4.69, 9.17) is 33.4 Å². The zero-order valence-corrected chi connectivity index (χ0v) is 17.6. The van der Waals surface area contributed by atoms with E-state index in [0.717, 1.165) is 37.2 Å². The number of methoxy groups -OCH3 is 2. The molecule has 8 heteroatoms. The Balaban J connectivity index is 1.52. The van der Waals surface area contributed by atoms with E-state index in [2.05, 4.69) is 4.98 Å². The van der Waals surface area contributed by atoms with Crippen LogP contribution in [0.25, 0.3) is 0 Å². The van der Waals surface area contributed by atoms with Gasteiger partial charge in [-0.1, -0.05) is 19.3 Å². The third kappa shape index (κ3) is 6.41. The van der Waals surface area contributed by atoms with E-state index in [0.29, 0.717) is 46.2 Å². The molecular weight excluding hydrogens is 376 g/mol. The molecule has 8 nitrogen and oxygen atoms in total. The molecule has 2 fully saturated rings. The van der Waals surface area contributed by atoms with Gasteiger partial charge >= 0.3 is 0 Å². The SMILES string of the molecule is COC(OC)c1ccnc(C2(COCCOCC3COCCO3)CCCCC2)n1. The number of hydrogen-bond donors (Lipinski definition) is 0. The third-order valence-corrected chi connectivity index (χ3v) is 5.57. The van der Waals surface area contributed by atoms with Gasteiger partial charge in [0.2, 0.25) is 6.29 Å². The molecule has 1 unspecified atom stereocenters. The quantitative estimate of drug-likeness (QED) is 0.406. The number of nitrogens with zero attached hydrogens (tertiary/aromatic N) is 2. The molecule has 0 aromatic carbocycles. The molecule has 0 radical (unpaired) electrons. The Kier molecular flexibility index (Phi) is 9.23. The second-order valence-electron chi connectivity index (χ2n) is 7.64. The minimum absolute atomic E-state index is 0.0269. The topological polar surface area (TPSA) is 81.2 Å². The molecular formula is C21H34N2O6. The molecule has 0 bridgehead atoms. The van der Waals surface area contributed by atoms with Gasteiger partial charge in [0.1, 0.15) is 11.9 Å². The van der Waals surface area contributed by atoms with Gasteiger partial charge in [0.05, 0.1) is 57.4 Å². The summed E-state index contributed by atoms with van der Waals surface area (Å²) in [6, 6.07) is 1.84. The first kappa shape index (κ1) is 22.5. The molecule has 2 aliphatic rings. The normalized spacial score (nSPS) is 22.1. The van der Waals surface area contributed by atoms with Crippen molar-refractivity contribution in [3.05, 3.63) is 23.8 Å². The van der Waals surface area contributed by atoms with Gasteiger partial charge in [0.15, 0.2) is 0 Å². The molecule has 0 amide bonds. The Hall–Kier alpha value is -1.16. The lowest BCUT2D eigenvalue weighted by Gasteiger charge is -2.36. The minimum Gasteiger partial charge on any atom is -0.378 e. The molecule has 1 aliphatic carbocycles. The Morgan fingerprint density at radius 2 is 1.90 bits per heavy atom. The van der Waals surface area contributed by atoms with E-state index in [-0.39, 0.29) is 11.5 Å². The maximum absolute atomic E-state index is 6.03. The van der Waals surface area contributed by atoms with Crippen molar-refractivity contribution in [2.45, 2.75) is 49.9 Å². The first-order chi connectivity index (χ1) is 14.3. The van der Waals surface area contributed by atoms with Crippen LogP contribution in [-0.4, -0.2) is 76.5 Å². The number of ether oxygens (including phenoxy) is 6. The fourth-order valence-electron chi connectivity index (χ4n) is 3.99. The van der Waals surface area contributed by atoms with Gasteiger partial charge in [-0.05, 0) is 18.9 Å². The molecule has 3 rings (SSSR count). The van der Waals surface area contributed by atoms with Crippen molar-refractivity contribution in [2.24, 2.45) is 0 Å². The monoisotopic (exact) mass is 410 g/mol. The lowest BCUT2D eigenvalue weighted by Crippen LogP contribution is -2.37. The Morgan fingerprint density at radius 3 is 2.62 bits per heavy atom. The summed E-state index contributed by atoms with van der Waals surface area (Å²) in [5.41, 5.74) is 0.573. The summed E-state index contributed by atoms with van der Waals surface area (Å²) >= 11 is 0. The van der Waals surface area contributed by atoms with Gasteiger partial charge in [0.25, 0.3) is 0 Å². The van der Waals surface area contributed by atoms with E-state index in [1.165, 1.54) is 6.42 Å². The minimum atomic E-state index is -0.488. The number of rotatable bonds is 11. The van der Waals surface area contributed by atoms with Crippen LogP contribution in [0.3, 0.4) is 0 Å². The average Bonchev–Trinajstić information content (AvgIpc) is 2.78. The number of aromatic nitrogens is 2. The van der Waals surface area contributed by atoms with Crippen LogP contribution < -0.4 is 0 Å². The van der Waals surface area contributed by atoms with Crippen LogP contribution in [0, 0.1) is 0 Å². The largest absolute Gasteiger partial charge is 0.378 e. The number of hydrogen-bond acceptors (Lipinski definition) is 8. The standard InChI is InChI=1S/C21H34N2O6/c1-24-19(25-2)18-6-9-22-20(23-18)21(7-4-3-5-8-21)16-28-11-10-26-14-17-15-27-12-13-29-17/h6,9,17,19H,3-5,7-8,10-16H2,1-2H3. The van der Waals surface area contributed by atoms with Crippen molar-refractivity contribution in [1.29, 1.82) is 0 Å². The Labute approximate surface area is 173 Å². The average molecular weight is 411 g/mol. The van der Waals surface area contributed by atoms with Crippen LogP contribution in [0.1, 0.15) is 49.9 Å². The lowest BCUT2D eigenvalue weighted by molar-refractivity contribution is -0.118. The summed E-state index contributed by atoms with van der Waals surface area (Å²) in [6.07, 6.45) is 6.93. The molecule has 1 aromatic heterocycles. The van der Waals surface area contributed by atoms with Crippen LogP contribution >= 0.6 is 0 Å². The molecule has 29 heavy (non-hydrogen) atoms. The highest BCUT2D eigenvalue weighted by atomic mass is 16.7. The Bertz CT molecular complexity index is 586. The van der Waals surface area contributed by atoms with Crippen LogP contribution in [0.4, 0.5) is 0 Å². The van der Waals surface area contributed by atoms with Crippen LogP contribution in [-0.2, 0) is 33.8 Å². The summed E-state index contributed by atoms with van der Waals surface area (Å²) < 4.78 is 33.4. The van der Waals surface area contributed by atoms with E-state index in [9.17, 15) is 0 Å². The second-order valence-corrected chi connectivity index (χ2v) is 7.64. The van der Waals surface area contributed by atoms with Gasteiger partial charge in [-0.15, -0.1) is 0 Å². The third-order valence-electron chi connectivity index (χ3n) is 5.57. The lowest BCUT2D eigenvalue weighted by atomic mass is 9.74. The van der Waals surface area contributed by atoms with Gasteiger partial charge in [0, 0.05) is 20.4 Å². The van der Waals surface area contributed by atoms with Crippen LogP contribution in [0.15, 0.2) is 12.3 Å². The molecule has 1 saturated carbocycles. The predicted octanol–water partition coefficient (Wildman–Crippen LogP) is 2.42. The van der Waals surface area contributed by atoms with Gasteiger partial charge < -0.3 is 28.4 Å². The first-order valence-corrected chi connectivity index (χ1v) is 10.5. The van der Waals surface area contributed by atoms with Gasteiger partial charge in [-0.25, -0.2) is 9.97 Å². The summed E-state index contributed by atoms with van der Waals surface area (Å²) in [5, 5.41) is 0. The summed E-state index contributed by atoms with van der Waals surface area (Å²) in [4.78, 5) is 9.38. The smallest absolute Gasteiger partial charge is 0.200 e. The van der Waals surface area contributed by atoms with E-state index >= 15 is 0 Å². The van der Waals surface area contributed by atoms with E-state index in [1.807, 2.05) is 6.07 Å². The molecule has 2 heterocycles. The summed E-state index contributed by atoms with van der Waals surface area (Å²) in [7, 11) is 3.22. The van der Waals surface area contributed by atoms with E-state index < -0.39 is 6.29 Å². The fourth-order valence-corrected chi connectivity index (χ4v) is 3.99. The zero-order valence-electron chi connectivity index (χ0n) is 17.6. The second kappa shape index (κ2) is 11.9. The molecule has 0 spiro atoms. The molecule has 1 aromatic rings. The molecule has 1 saturated heterocycles. The van der Waals surface area contributed by atoms with Gasteiger partial charge in [-0.3, -0.25) is 0 Å². The van der Waals surface area contributed by atoms with Crippen molar-refractivity contribution in [1.82, 2.24) is 9.97 Å². The van der Waals surface area contributed by atoms with Crippen molar-refractivity contribution in [3.63, 3.8) is 0 Å². The fraction of sp³-hybridized carbons (Fsp3) is 0.810. The molecule has 164 valence electrons. The summed E-state index contributed by atoms with van der Waals surface area (Å²) in [5.74, 6) is 0.822. The highest BCUT2D eigenvalue weighted by molar-refractivity contribution is 5.14. The van der Waals surface area contributed by atoms with Gasteiger partial charge in [-0.2, -0.15) is 0 Å². The predicted molar refractivity (Wildman–Crippen MR) is 106 cm³/mol. The summed E-state index contributed by atoms with van der Waals surface area (Å²) in [6.45, 7) is 4.10.